The number of hydrogen-bond donors (Lipinski definition) is 1. The summed E-state index contributed by atoms with van der Waals surface area (Å²) in [6.45, 7) is 0. The summed E-state index contributed by atoms with van der Waals surface area (Å²) in [5.74, 6) is 0.967. The minimum Gasteiger partial charge on any atom is -0.393 e. The molecular formula is C12H14O2. The first kappa shape index (κ1) is 8.42. The molecule has 1 N–H and O–H groups in total. The maximum Gasteiger partial charge on any atom is 0.147 e. The fraction of sp³-hybridized carbons (Fsp3) is 0.583. The number of fused-ring (bicyclic) bond motifs is 6. The highest BCUT2D eigenvalue weighted by molar-refractivity contribution is 5.89. The Morgan fingerprint density at radius 3 is 2.64 bits per heavy atom. The van der Waals surface area contributed by atoms with Gasteiger partial charge in [0, 0.05) is 11.8 Å². The third-order valence-electron chi connectivity index (χ3n) is 3.99. The van der Waals surface area contributed by atoms with Crippen LogP contribution in [-0.2, 0) is 4.79 Å². The van der Waals surface area contributed by atoms with Gasteiger partial charge < -0.3 is 5.11 Å². The molecule has 14 heavy (non-hydrogen) atoms. The third-order valence-corrected chi connectivity index (χ3v) is 3.99. The van der Waals surface area contributed by atoms with Gasteiger partial charge in [0.25, 0.3) is 0 Å². The van der Waals surface area contributed by atoms with E-state index in [1.165, 1.54) is 0 Å². The van der Waals surface area contributed by atoms with Crippen LogP contribution in [0.2, 0.25) is 0 Å². The fourth-order valence-electron chi connectivity index (χ4n) is 3.29. The summed E-state index contributed by atoms with van der Waals surface area (Å²) >= 11 is 0. The summed E-state index contributed by atoms with van der Waals surface area (Å²) in [6.07, 6.45) is 9.50. The Hall–Kier alpha value is -0.890. The lowest BCUT2D eigenvalue weighted by Crippen LogP contribution is -2.35. The van der Waals surface area contributed by atoms with Crippen molar-refractivity contribution >= 4 is 5.78 Å². The van der Waals surface area contributed by atoms with Crippen molar-refractivity contribution in [3.8, 4) is 0 Å². The van der Waals surface area contributed by atoms with E-state index in [0.29, 0.717) is 11.7 Å². The number of aliphatic hydroxyl groups excluding tert-OH is 1. The van der Waals surface area contributed by atoms with E-state index in [9.17, 15) is 9.90 Å². The molecule has 3 aliphatic carbocycles. The Kier molecular flexibility index (Phi) is 1.68. The van der Waals surface area contributed by atoms with Crippen LogP contribution in [0.3, 0.4) is 0 Å². The number of allylic oxidation sites excluding steroid dienone is 4. The number of rotatable bonds is 0. The third kappa shape index (κ3) is 0.976. The maximum atomic E-state index is 12.0. The summed E-state index contributed by atoms with van der Waals surface area (Å²) in [5, 5.41) is 9.85. The molecule has 1 unspecified atom stereocenters. The van der Waals surface area contributed by atoms with Crippen molar-refractivity contribution in [3.63, 3.8) is 0 Å². The smallest absolute Gasteiger partial charge is 0.147 e. The molecule has 74 valence electrons. The maximum absolute atomic E-state index is 12.0. The van der Waals surface area contributed by atoms with Crippen LogP contribution in [0.15, 0.2) is 24.3 Å². The normalized spacial score (nSPS) is 49.5. The van der Waals surface area contributed by atoms with Crippen molar-refractivity contribution in [1.82, 2.24) is 0 Å². The molecule has 2 nitrogen and oxygen atoms in total. The van der Waals surface area contributed by atoms with Gasteiger partial charge in [-0.05, 0) is 24.7 Å². The van der Waals surface area contributed by atoms with Crippen molar-refractivity contribution < 1.29 is 9.90 Å². The van der Waals surface area contributed by atoms with Crippen molar-refractivity contribution in [2.24, 2.45) is 23.7 Å². The molecule has 0 spiro atoms. The SMILES string of the molecule is O=C1C2C=CC=C[C@@H]1[C@H]1C[C@@H]2C[C@H]1O. The predicted molar refractivity (Wildman–Crippen MR) is 52.5 cm³/mol. The molecule has 3 rings (SSSR count). The number of ketones is 1. The summed E-state index contributed by atoms with van der Waals surface area (Å²) in [4.78, 5) is 12.0. The van der Waals surface area contributed by atoms with Gasteiger partial charge in [0.15, 0.2) is 0 Å². The van der Waals surface area contributed by atoms with E-state index < -0.39 is 0 Å². The van der Waals surface area contributed by atoms with Gasteiger partial charge in [0.2, 0.25) is 0 Å². The van der Waals surface area contributed by atoms with Crippen LogP contribution in [0.4, 0.5) is 0 Å². The molecule has 5 atom stereocenters. The van der Waals surface area contributed by atoms with Gasteiger partial charge in [0.1, 0.15) is 5.78 Å². The van der Waals surface area contributed by atoms with Gasteiger partial charge in [-0.1, -0.05) is 24.3 Å². The van der Waals surface area contributed by atoms with E-state index in [4.69, 9.17) is 0 Å². The number of hydrogen-bond acceptors (Lipinski definition) is 2. The average molecular weight is 190 g/mol. The van der Waals surface area contributed by atoms with Crippen molar-refractivity contribution in [2.75, 3.05) is 0 Å². The Bertz CT molecular complexity index is 329. The number of Topliss-reactive ketones (excluding diaryl/α,β-unsaturated/α-hetero) is 1. The van der Waals surface area contributed by atoms with Gasteiger partial charge in [-0.3, -0.25) is 4.79 Å². The van der Waals surface area contributed by atoms with Crippen molar-refractivity contribution in [2.45, 2.75) is 18.9 Å². The van der Waals surface area contributed by atoms with Gasteiger partial charge >= 0.3 is 0 Å². The second-order valence-electron chi connectivity index (χ2n) is 4.69. The monoisotopic (exact) mass is 190 g/mol. The lowest BCUT2D eigenvalue weighted by Gasteiger charge is -2.30. The minimum absolute atomic E-state index is 0.0243. The zero-order valence-electron chi connectivity index (χ0n) is 7.97. The topological polar surface area (TPSA) is 37.3 Å². The quantitative estimate of drug-likeness (QED) is 0.625. The largest absolute Gasteiger partial charge is 0.393 e. The first-order valence-electron chi connectivity index (χ1n) is 5.34. The van der Waals surface area contributed by atoms with E-state index in [-0.39, 0.29) is 23.9 Å². The summed E-state index contributed by atoms with van der Waals surface area (Å²) in [6, 6.07) is 0. The van der Waals surface area contributed by atoms with Gasteiger partial charge in [-0.2, -0.15) is 0 Å². The van der Waals surface area contributed by atoms with Crippen LogP contribution in [-0.4, -0.2) is 17.0 Å². The summed E-state index contributed by atoms with van der Waals surface area (Å²) in [5.41, 5.74) is 0. The number of carbonyl (C=O) groups is 1. The van der Waals surface area contributed by atoms with Crippen molar-refractivity contribution in [1.29, 1.82) is 0 Å². The zero-order valence-corrected chi connectivity index (χ0v) is 7.97. The van der Waals surface area contributed by atoms with Crippen LogP contribution < -0.4 is 0 Å². The van der Waals surface area contributed by atoms with Crippen LogP contribution in [0, 0.1) is 23.7 Å². The summed E-state index contributed by atoms with van der Waals surface area (Å²) < 4.78 is 0. The number of aliphatic hydroxyl groups is 1. The van der Waals surface area contributed by atoms with E-state index in [1.807, 2.05) is 24.3 Å². The fourth-order valence-corrected chi connectivity index (χ4v) is 3.29. The first-order valence-corrected chi connectivity index (χ1v) is 5.34. The highest BCUT2D eigenvalue weighted by atomic mass is 16.3. The molecule has 0 amide bonds. The second-order valence-corrected chi connectivity index (χ2v) is 4.69. The molecule has 4 bridgehead atoms. The van der Waals surface area contributed by atoms with E-state index >= 15 is 0 Å². The average Bonchev–Trinajstić information content (AvgIpc) is 2.43. The molecule has 3 aliphatic rings. The minimum atomic E-state index is -0.255. The van der Waals surface area contributed by atoms with Crippen LogP contribution >= 0.6 is 0 Å². The molecule has 0 aromatic heterocycles. The van der Waals surface area contributed by atoms with E-state index in [1.54, 1.807) is 0 Å². The van der Waals surface area contributed by atoms with Crippen LogP contribution in [0.5, 0.6) is 0 Å². The number of carbonyl (C=O) groups excluding carboxylic acids is 1. The molecule has 0 saturated heterocycles. The molecule has 2 fully saturated rings. The molecule has 0 radical (unpaired) electrons. The molecule has 0 heterocycles. The van der Waals surface area contributed by atoms with Crippen LogP contribution in [0.25, 0.3) is 0 Å². The van der Waals surface area contributed by atoms with E-state index in [0.717, 1.165) is 12.8 Å². The molecular weight excluding hydrogens is 176 g/mol. The Balaban J connectivity index is 2.06. The molecule has 0 aliphatic heterocycles. The van der Waals surface area contributed by atoms with Gasteiger partial charge in [-0.25, -0.2) is 0 Å². The molecule has 2 saturated carbocycles. The van der Waals surface area contributed by atoms with Crippen LogP contribution in [0.1, 0.15) is 12.8 Å². The lowest BCUT2D eigenvalue weighted by molar-refractivity contribution is -0.128. The predicted octanol–water partition coefficient (Wildman–Crippen LogP) is 1.31. The van der Waals surface area contributed by atoms with Crippen molar-refractivity contribution in [3.05, 3.63) is 24.3 Å². The zero-order chi connectivity index (χ0) is 9.71. The Morgan fingerprint density at radius 1 is 1.14 bits per heavy atom. The summed E-state index contributed by atoms with van der Waals surface area (Å²) in [7, 11) is 0. The highest BCUT2D eigenvalue weighted by Crippen LogP contribution is 2.48. The lowest BCUT2D eigenvalue weighted by atomic mass is 9.73. The first-order chi connectivity index (χ1) is 6.77. The van der Waals surface area contributed by atoms with E-state index in [2.05, 4.69) is 0 Å². The highest BCUT2D eigenvalue weighted by Gasteiger charge is 2.50. The van der Waals surface area contributed by atoms with Gasteiger partial charge in [0.05, 0.1) is 6.10 Å². The molecule has 0 aromatic rings. The Morgan fingerprint density at radius 2 is 1.86 bits per heavy atom. The second kappa shape index (κ2) is 2.80. The Labute approximate surface area is 83.3 Å². The molecule has 2 heteroatoms. The molecule has 0 aromatic carbocycles. The van der Waals surface area contributed by atoms with Gasteiger partial charge in [-0.15, -0.1) is 0 Å². The standard InChI is InChI=1S/C12H14O2/c13-11-6-7-5-10(11)9-4-2-1-3-8(7)12(9)14/h1-4,7-11,13H,5-6H2/t7-,8?,9-,10-,11-/m1/s1.